The molecule has 3 nitrogen and oxygen atoms in total. The minimum atomic E-state index is 0.443. The molecule has 0 unspecified atom stereocenters. The van der Waals surface area contributed by atoms with Gasteiger partial charge in [0, 0.05) is 28.8 Å². The number of aromatic nitrogens is 1. The van der Waals surface area contributed by atoms with Crippen molar-refractivity contribution in [3.05, 3.63) is 50.0 Å². The Labute approximate surface area is 129 Å². The van der Waals surface area contributed by atoms with Crippen molar-refractivity contribution in [2.45, 2.75) is 13.5 Å². The summed E-state index contributed by atoms with van der Waals surface area (Å²) < 4.78 is 6.40. The largest absolute Gasteiger partial charge is 0.437 e. The van der Waals surface area contributed by atoms with Crippen LogP contribution in [0.1, 0.15) is 11.1 Å². The van der Waals surface area contributed by atoms with Crippen LogP contribution in [0, 0.1) is 6.92 Å². The summed E-state index contributed by atoms with van der Waals surface area (Å²) in [5.74, 6) is 0.948. The first kappa shape index (κ1) is 14.6. The van der Waals surface area contributed by atoms with Crippen molar-refractivity contribution in [1.82, 2.24) is 4.98 Å². The molecule has 19 heavy (non-hydrogen) atoms. The van der Waals surface area contributed by atoms with Crippen LogP contribution in [0.5, 0.6) is 11.6 Å². The number of nitrogens with two attached hydrogens (primary N) is 1. The number of pyridine rings is 1. The molecule has 2 rings (SSSR count). The molecule has 0 fully saturated rings. The monoisotopic (exact) mass is 360 g/mol. The average molecular weight is 362 g/mol. The van der Waals surface area contributed by atoms with Gasteiger partial charge in [-0.25, -0.2) is 4.98 Å². The van der Waals surface area contributed by atoms with Gasteiger partial charge in [0.2, 0.25) is 5.88 Å². The zero-order chi connectivity index (χ0) is 14.0. The number of hydrogen-bond acceptors (Lipinski definition) is 3. The van der Waals surface area contributed by atoms with Gasteiger partial charge in [0.25, 0.3) is 0 Å². The highest BCUT2D eigenvalue weighted by molar-refractivity contribution is 9.10. The van der Waals surface area contributed by atoms with Crippen molar-refractivity contribution in [3.8, 4) is 11.6 Å². The number of aryl methyl sites for hydroxylation is 1. The van der Waals surface area contributed by atoms with E-state index < -0.39 is 0 Å². The van der Waals surface area contributed by atoms with Crippen LogP contribution in [-0.4, -0.2) is 4.98 Å². The molecule has 2 N–H and O–H groups in total. The maximum atomic E-state index is 6.10. The summed E-state index contributed by atoms with van der Waals surface area (Å²) in [6.07, 6.45) is 1.68. The van der Waals surface area contributed by atoms with Gasteiger partial charge in [-0.2, -0.15) is 0 Å². The Morgan fingerprint density at radius 3 is 2.63 bits per heavy atom. The van der Waals surface area contributed by atoms with Gasteiger partial charge in [0.1, 0.15) is 5.75 Å². The number of rotatable bonds is 3. The lowest BCUT2D eigenvalue weighted by Crippen LogP contribution is -1.99. The third kappa shape index (κ3) is 3.39. The highest BCUT2D eigenvalue weighted by Crippen LogP contribution is 2.36. The number of ether oxygens (including phenoxy) is 1. The van der Waals surface area contributed by atoms with E-state index in [0.29, 0.717) is 28.2 Å². The molecule has 0 aliphatic rings. The average Bonchev–Trinajstić information content (AvgIpc) is 2.38. The maximum absolute atomic E-state index is 6.10. The summed E-state index contributed by atoms with van der Waals surface area (Å²) in [4.78, 5) is 4.22. The van der Waals surface area contributed by atoms with Crippen molar-refractivity contribution in [2.75, 3.05) is 0 Å². The normalized spacial score (nSPS) is 10.6. The second-order valence-electron chi connectivity index (χ2n) is 3.97. The molecular formula is C13H11BrCl2N2O. The molecule has 0 saturated carbocycles. The lowest BCUT2D eigenvalue weighted by Gasteiger charge is -2.11. The van der Waals surface area contributed by atoms with Crippen LogP contribution in [0.4, 0.5) is 0 Å². The first-order chi connectivity index (χ1) is 9.01. The second-order valence-corrected chi connectivity index (χ2v) is 5.64. The Morgan fingerprint density at radius 2 is 2.00 bits per heavy atom. The van der Waals surface area contributed by atoms with E-state index in [2.05, 4.69) is 20.9 Å². The first-order valence-electron chi connectivity index (χ1n) is 5.49. The lowest BCUT2D eigenvalue weighted by atomic mass is 10.2. The SMILES string of the molecule is Cc1cc(CN)cnc1Oc1cc(Cl)c(Br)cc1Cl. The van der Waals surface area contributed by atoms with E-state index in [1.807, 2.05) is 13.0 Å². The van der Waals surface area contributed by atoms with Crippen molar-refractivity contribution in [2.24, 2.45) is 5.73 Å². The highest BCUT2D eigenvalue weighted by Gasteiger charge is 2.10. The van der Waals surface area contributed by atoms with Crippen molar-refractivity contribution in [3.63, 3.8) is 0 Å². The van der Waals surface area contributed by atoms with Crippen LogP contribution in [0.15, 0.2) is 28.9 Å². The fourth-order valence-electron chi connectivity index (χ4n) is 1.53. The minimum absolute atomic E-state index is 0.443. The molecule has 0 radical (unpaired) electrons. The molecule has 0 aliphatic heterocycles. The van der Waals surface area contributed by atoms with Gasteiger partial charge in [-0.3, -0.25) is 0 Å². The van der Waals surface area contributed by atoms with Crippen LogP contribution in [-0.2, 0) is 6.54 Å². The van der Waals surface area contributed by atoms with Crippen LogP contribution in [0.2, 0.25) is 10.0 Å². The van der Waals surface area contributed by atoms with Crippen LogP contribution in [0.25, 0.3) is 0 Å². The summed E-state index contributed by atoms with van der Waals surface area (Å²) >= 11 is 15.4. The summed E-state index contributed by atoms with van der Waals surface area (Å²) in [6, 6.07) is 5.26. The van der Waals surface area contributed by atoms with E-state index >= 15 is 0 Å². The Hall–Kier alpha value is -0.810. The molecule has 2 aromatic rings. The quantitative estimate of drug-likeness (QED) is 0.805. The number of hydrogen-bond donors (Lipinski definition) is 1. The van der Waals surface area contributed by atoms with Crippen molar-refractivity contribution < 1.29 is 4.74 Å². The van der Waals surface area contributed by atoms with E-state index in [9.17, 15) is 0 Å². The molecule has 1 aromatic heterocycles. The van der Waals surface area contributed by atoms with Gasteiger partial charge in [0.05, 0.1) is 10.0 Å². The van der Waals surface area contributed by atoms with Crippen molar-refractivity contribution >= 4 is 39.1 Å². The molecule has 1 aromatic carbocycles. The predicted octanol–water partition coefficient (Wildman–Crippen LogP) is 4.71. The number of benzene rings is 1. The zero-order valence-corrected chi connectivity index (χ0v) is 13.2. The van der Waals surface area contributed by atoms with E-state index in [1.165, 1.54) is 0 Å². The molecule has 0 spiro atoms. The van der Waals surface area contributed by atoms with E-state index in [-0.39, 0.29) is 0 Å². The fraction of sp³-hybridized carbons (Fsp3) is 0.154. The van der Waals surface area contributed by atoms with Crippen LogP contribution in [0.3, 0.4) is 0 Å². The van der Waals surface area contributed by atoms with E-state index in [4.69, 9.17) is 33.7 Å². The lowest BCUT2D eigenvalue weighted by molar-refractivity contribution is 0.458. The fourth-order valence-corrected chi connectivity index (χ4v) is 2.36. The molecular weight excluding hydrogens is 351 g/mol. The maximum Gasteiger partial charge on any atom is 0.222 e. The van der Waals surface area contributed by atoms with Gasteiger partial charge in [-0.15, -0.1) is 0 Å². The zero-order valence-electron chi connectivity index (χ0n) is 10.1. The third-order valence-electron chi connectivity index (χ3n) is 2.50. The Morgan fingerprint density at radius 1 is 1.26 bits per heavy atom. The first-order valence-corrected chi connectivity index (χ1v) is 7.04. The Bertz CT molecular complexity index is 620. The number of halogens is 3. The van der Waals surface area contributed by atoms with Crippen molar-refractivity contribution in [1.29, 1.82) is 0 Å². The van der Waals surface area contributed by atoms with E-state index in [1.54, 1.807) is 18.3 Å². The van der Waals surface area contributed by atoms with Gasteiger partial charge in [-0.1, -0.05) is 23.2 Å². The standard InChI is InChI=1S/C13H11BrCl2N2O/c1-7-2-8(5-17)6-18-13(7)19-12-4-10(15)9(14)3-11(12)16/h2-4,6H,5,17H2,1H3. The van der Waals surface area contributed by atoms with Gasteiger partial charge in [-0.05, 0) is 40.5 Å². The molecule has 0 atom stereocenters. The van der Waals surface area contributed by atoms with Crippen LogP contribution < -0.4 is 10.5 Å². The van der Waals surface area contributed by atoms with Crippen LogP contribution >= 0.6 is 39.1 Å². The van der Waals surface area contributed by atoms with E-state index in [0.717, 1.165) is 15.6 Å². The molecule has 0 saturated heterocycles. The molecule has 0 amide bonds. The minimum Gasteiger partial charge on any atom is -0.437 e. The van der Waals surface area contributed by atoms with Gasteiger partial charge in [0.15, 0.2) is 0 Å². The molecule has 6 heteroatoms. The molecule has 100 valence electrons. The topological polar surface area (TPSA) is 48.1 Å². The van der Waals surface area contributed by atoms with Gasteiger partial charge >= 0.3 is 0 Å². The molecule has 0 aliphatic carbocycles. The van der Waals surface area contributed by atoms with Gasteiger partial charge < -0.3 is 10.5 Å². The molecule has 1 heterocycles. The summed E-state index contributed by atoms with van der Waals surface area (Å²) in [5.41, 5.74) is 7.39. The second kappa shape index (κ2) is 6.09. The summed E-state index contributed by atoms with van der Waals surface area (Å²) in [6.45, 7) is 2.34. The highest BCUT2D eigenvalue weighted by atomic mass is 79.9. The smallest absolute Gasteiger partial charge is 0.222 e. The summed E-state index contributed by atoms with van der Waals surface area (Å²) in [7, 11) is 0. The Kier molecular flexibility index (Phi) is 4.68. The molecule has 0 bridgehead atoms. The third-order valence-corrected chi connectivity index (χ3v) is 4.00. The predicted molar refractivity (Wildman–Crippen MR) is 81.1 cm³/mol. The Balaban J connectivity index is 2.33. The summed E-state index contributed by atoms with van der Waals surface area (Å²) in [5, 5.41) is 0.982. The number of nitrogens with zero attached hydrogens (tertiary/aromatic N) is 1.